The highest BCUT2D eigenvalue weighted by Crippen LogP contribution is 2.43. The quantitative estimate of drug-likeness (QED) is 0.516. The molecule has 3 aromatic rings. The first-order valence-corrected chi connectivity index (χ1v) is 10.2. The molecule has 1 aromatic heterocycles. The predicted octanol–water partition coefficient (Wildman–Crippen LogP) is 4.10. The Balaban J connectivity index is 1.95. The summed E-state index contributed by atoms with van der Waals surface area (Å²) in [5, 5.41) is 1.35. The van der Waals surface area contributed by atoms with Crippen LogP contribution in [0.15, 0.2) is 42.5 Å². The van der Waals surface area contributed by atoms with Crippen LogP contribution in [-0.2, 0) is 23.9 Å². The minimum Gasteiger partial charge on any atom is -0.497 e. The standard InChI is InChI=1S/C20H22NOS/c1-22-15-8-9-19-17(13-15)18-12-14-6-4-5-7-16(14)20(18)21(19)10-11-23(2)3/h4-9,13H,10-12H2,1-3H3/q+1. The van der Waals surface area contributed by atoms with Crippen molar-refractivity contribution in [3.8, 4) is 17.0 Å². The minimum atomic E-state index is 0.451. The highest BCUT2D eigenvalue weighted by atomic mass is 32.2. The van der Waals surface area contributed by atoms with E-state index in [1.54, 1.807) is 7.11 Å². The molecule has 0 radical (unpaired) electrons. The van der Waals surface area contributed by atoms with E-state index < -0.39 is 0 Å². The molecule has 118 valence electrons. The van der Waals surface area contributed by atoms with Gasteiger partial charge in [0.1, 0.15) is 11.5 Å². The zero-order valence-corrected chi connectivity index (χ0v) is 14.7. The highest BCUT2D eigenvalue weighted by molar-refractivity contribution is 7.95. The third-order valence-corrected chi connectivity index (χ3v) is 5.74. The average molecular weight is 324 g/mol. The summed E-state index contributed by atoms with van der Waals surface area (Å²) >= 11 is 0. The maximum absolute atomic E-state index is 5.46. The molecule has 0 spiro atoms. The second-order valence-electron chi connectivity index (χ2n) is 6.39. The van der Waals surface area contributed by atoms with Crippen LogP contribution in [0.4, 0.5) is 0 Å². The van der Waals surface area contributed by atoms with Gasteiger partial charge >= 0.3 is 0 Å². The summed E-state index contributed by atoms with van der Waals surface area (Å²) in [6, 6.07) is 15.3. The summed E-state index contributed by atoms with van der Waals surface area (Å²) in [6.07, 6.45) is 5.68. The van der Waals surface area contributed by atoms with Gasteiger partial charge in [-0.2, -0.15) is 0 Å². The van der Waals surface area contributed by atoms with Gasteiger partial charge in [-0.05, 0) is 40.2 Å². The van der Waals surface area contributed by atoms with Crippen molar-refractivity contribution in [1.29, 1.82) is 0 Å². The Kier molecular flexibility index (Phi) is 3.61. The Hall–Kier alpha value is -1.87. The van der Waals surface area contributed by atoms with Crippen LogP contribution in [0.3, 0.4) is 0 Å². The first-order valence-electron chi connectivity index (χ1n) is 8.00. The molecule has 2 nitrogen and oxygen atoms in total. The topological polar surface area (TPSA) is 14.2 Å². The van der Waals surface area contributed by atoms with E-state index in [1.165, 1.54) is 39.0 Å². The van der Waals surface area contributed by atoms with E-state index in [9.17, 15) is 0 Å². The normalized spacial score (nSPS) is 12.7. The van der Waals surface area contributed by atoms with Gasteiger partial charge in [0, 0.05) is 22.9 Å². The SMILES string of the molecule is COc1ccc2c(c1)c1c(n2CC[S+](C)C)-c2ccccc2C1. The first kappa shape index (κ1) is 14.7. The first-order chi connectivity index (χ1) is 11.2. The largest absolute Gasteiger partial charge is 0.497 e. The zero-order valence-electron chi connectivity index (χ0n) is 13.9. The maximum Gasteiger partial charge on any atom is 0.125 e. The Morgan fingerprint density at radius 1 is 1.13 bits per heavy atom. The summed E-state index contributed by atoms with van der Waals surface area (Å²) in [5.41, 5.74) is 7.09. The van der Waals surface area contributed by atoms with E-state index in [4.69, 9.17) is 4.74 Å². The van der Waals surface area contributed by atoms with Crippen LogP contribution in [-0.4, -0.2) is 29.9 Å². The van der Waals surface area contributed by atoms with Crippen molar-refractivity contribution in [2.45, 2.75) is 13.0 Å². The molecule has 2 aromatic carbocycles. The van der Waals surface area contributed by atoms with Crippen molar-refractivity contribution >= 4 is 21.8 Å². The number of aromatic nitrogens is 1. The monoisotopic (exact) mass is 324 g/mol. The van der Waals surface area contributed by atoms with Gasteiger partial charge in [-0.3, -0.25) is 0 Å². The number of nitrogens with zero attached hydrogens (tertiary/aromatic N) is 1. The molecule has 1 heterocycles. The molecular weight excluding hydrogens is 302 g/mol. The Labute approximate surface area is 140 Å². The summed E-state index contributed by atoms with van der Waals surface area (Å²) in [6.45, 7) is 1.09. The number of hydrogen-bond donors (Lipinski definition) is 0. The van der Waals surface area contributed by atoms with Gasteiger partial charge in [0.15, 0.2) is 0 Å². The molecule has 0 unspecified atom stereocenters. The van der Waals surface area contributed by atoms with Gasteiger partial charge in [0.05, 0.1) is 31.9 Å². The van der Waals surface area contributed by atoms with Gasteiger partial charge in [-0.25, -0.2) is 0 Å². The van der Waals surface area contributed by atoms with Crippen molar-refractivity contribution in [3.05, 3.63) is 53.6 Å². The third kappa shape index (κ3) is 2.34. The molecule has 1 aliphatic rings. The van der Waals surface area contributed by atoms with Crippen molar-refractivity contribution in [1.82, 2.24) is 4.57 Å². The summed E-state index contributed by atoms with van der Waals surface area (Å²) in [7, 11) is 2.19. The smallest absolute Gasteiger partial charge is 0.125 e. The van der Waals surface area contributed by atoms with Crippen molar-refractivity contribution < 1.29 is 4.74 Å². The highest BCUT2D eigenvalue weighted by Gasteiger charge is 2.26. The number of hydrogen-bond acceptors (Lipinski definition) is 1. The Bertz CT molecular complexity index is 879. The number of benzene rings is 2. The van der Waals surface area contributed by atoms with Gasteiger partial charge in [0.25, 0.3) is 0 Å². The second kappa shape index (κ2) is 5.64. The lowest BCUT2D eigenvalue weighted by atomic mass is 10.1. The minimum absolute atomic E-state index is 0.451. The molecule has 0 bridgehead atoms. The second-order valence-corrected chi connectivity index (χ2v) is 8.76. The van der Waals surface area contributed by atoms with E-state index in [-0.39, 0.29) is 0 Å². The molecule has 0 aliphatic heterocycles. The van der Waals surface area contributed by atoms with Crippen molar-refractivity contribution in [3.63, 3.8) is 0 Å². The molecule has 4 rings (SSSR count). The lowest BCUT2D eigenvalue weighted by Crippen LogP contribution is -2.11. The molecule has 0 atom stereocenters. The van der Waals surface area contributed by atoms with Gasteiger partial charge in [0.2, 0.25) is 0 Å². The molecule has 23 heavy (non-hydrogen) atoms. The van der Waals surface area contributed by atoms with Crippen LogP contribution >= 0.6 is 0 Å². The Morgan fingerprint density at radius 3 is 2.74 bits per heavy atom. The number of methoxy groups -OCH3 is 1. The summed E-state index contributed by atoms with van der Waals surface area (Å²) in [4.78, 5) is 0. The fourth-order valence-electron chi connectivity index (χ4n) is 3.62. The molecule has 0 saturated carbocycles. The number of fused-ring (bicyclic) bond motifs is 5. The lowest BCUT2D eigenvalue weighted by molar-refractivity contribution is 0.415. The van der Waals surface area contributed by atoms with E-state index in [0.717, 1.165) is 18.7 Å². The van der Waals surface area contributed by atoms with Gasteiger partial charge in [-0.1, -0.05) is 24.3 Å². The fraction of sp³-hybridized carbons (Fsp3) is 0.300. The fourth-order valence-corrected chi connectivity index (χ4v) is 4.17. The number of rotatable bonds is 4. The predicted molar refractivity (Wildman–Crippen MR) is 101 cm³/mol. The van der Waals surface area contributed by atoms with E-state index in [1.807, 2.05) is 0 Å². The molecule has 0 saturated heterocycles. The van der Waals surface area contributed by atoms with E-state index in [2.05, 4.69) is 59.5 Å². The molecule has 3 heteroatoms. The molecular formula is C20H22NOS+. The van der Waals surface area contributed by atoms with Crippen LogP contribution < -0.4 is 4.74 Å². The molecule has 0 fully saturated rings. The molecule has 0 amide bonds. The molecule has 0 N–H and O–H groups in total. The molecule has 1 aliphatic carbocycles. The number of ether oxygens (including phenoxy) is 1. The lowest BCUT2D eigenvalue weighted by Gasteiger charge is -2.10. The van der Waals surface area contributed by atoms with Crippen LogP contribution in [0.25, 0.3) is 22.2 Å². The van der Waals surface area contributed by atoms with Crippen molar-refractivity contribution in [2.24, 2.45) is 0 Å². The average Bonchev–Trinajstić information content (AvgIpc) is 3.07. The van der Waals surface area contributed by atoms with Gasteiger partial charge < -0.3 is 9.30 Å². The van der Waals surface area contributed by atoms with E-state index >= 15 is 0 Å². The summed E-state index contributed by atoms with van der Waals surface area (Å²) in [5.74, 6) is 2.17. The van der Waals surface area contributed by atoms with Crippen LogP contribution in [0, 0.1) is 0 Å². The van der Waals surface area contributed by atoms with E-state index in [0.29, 0.717) is 10.9 Å². The maximum atomic E-state index is 5.46. The summed E-state index contributed by atoms with van der Waals surface area (Å²) < 4.78 is 7.99. The Morgan fingerprint density at radius 2 is 1.96 bits per heavy atom. The number of aryl methyl sites for hydroxylation is 1. The third-order valence-electron chi connectivity index (χ3n) is 4.74. The van der Waals surface area contributed by atoms with Crippen LogP contribution in [0.2, 0.25) is 0 Å². The zero-order chi connectivity index (χ0) is 16.0. The van der Waals surface area contributed by atoms with Crippen LogP contribution in [0.5, 0.6) is 5.75 Å². The van der Waals surface area contributed by atoms with Gasteiger partial charge in [-0.15, -0.1) is 0 Å². The van der Waals surface area contributed by atoms with Crippen LogP contribution in [0.1, 0.15) is 11.1 Å². The van der Waals surface area contributed by atoms with Crippen molar-refractivity contribution in [2.75, 3.05) is 25.4 Å².